The van der Waals surface area contributed by atoms with E-state index in [1.54, 1.807) is 0 Å². The van der Waals surface area contributed by atoms with Gasteiger partial charge in [0, 0.05) is 0 Å². The van der Waals surface area contributed by atoms with E-state index in [1.165, 1.54) is 76.7 Å². The molecule has 31 heavy (non-hydrogen) atoms. The van der Waals surface area contributed by atoms with Gasteiger partial charge < -0.3 is 0 Å². The third kappa shape index (κ3) is 7.67. The number of nitrogens with zero attached hydrogens (tertiary/aromatic N) is 1. The number of amides is 1. The van der Waals surface area contributed by atoms with Crippen molar-refractivity contribution in [3.05, 3.63) is 11.8 Å². The van der Waals surface area contributed by atoms with Gasteiger partial charge in [0.05, 0.1) is 0 Å². The average Bonchev–Trinajstić information content (AvgIpc) is 2.72. The summed E-state index contributed by atoms with van der Waals surface area (Å²) >= 11 is -2.53. The minimum absolute atomic E-state index is 0.153. The molecule has 0 spiro atoms. The van der Waals surface area contributed by atoms with E-state index >= 15 is 0 Å². The monoisotopic (exact) mass is 543 g/mol. The third-order valence-electron chi connectivity index (χ3n) is 7.90. The third-order valence-corrected chi connectivity index (χ3v) is 27.4. The zero-order chi connectivity index (χ0) is 23.5. The van der Waals surface area contributed by atoms with Crippen LogP contribution in [0.4, 0.5) is 4.79 Å². The van der Waals surface area contributed by atoms with Crippen LogP contribution in [0.25, 0.3) is 0 Å². The molecule has 182 valence electrons. The van der Waals surface area contributed by atoms with Gasteiger partial charge in [0.1, 0.15) is 0 Å². The molecule has 1 rings (SSSR count). The van der Waals surface area contributed by atoms with Crippen molar-refractivity contribution in [2.24, 2.45) is 0 Å². The Balaban J connectivity index is 3.30. The van der Waals surface area contributed by atoms with E-state index in [2.05, 4.69) is 55.4 Å². The van der Waals surface area contributed by atoms with Crippen LogP contribution >= 0.6 is 0 Å². The average molecular weight is 542 g/mol. The van der Waals surface area contributed by atoms with Crippen molar-refractivity contribution in [3.8, 4) is 0 Å². The van der Waals surface area contributed by atoms with Crippen LogP contribution in [0.2, 0.25) is 16.7 Å². The molecular formula is C27H53NO2Sn. The Bertz CT molecular complexity index is 528. The van der Waals surface area contributed by atoms with Crippen LogP contribution in [0.3, 0.4) is 0 Å². The summed E-state index contributed by atoms with van der Waals surface area (Å²) in [5.41, 5.74) is 1.48. The molecular weight excluding hydrogens is 489 g/mol. The predicted molar refractivity (Wildman–Crippen MR) is 138 cm³/mol. The number of ether oxygens (including phenoxy) is 1. The summed E-state index contributed by atoms with van der Waals surface area (Å²) < 4.78 is 10.8. The van der Waals surface area contributed by atoms with Crippen molar-refractivity contribution in [2.75, 3.05) is 0 Å². The molecule has 0 radical (unpaired) electrons. The van der Waals surface area contributed by atoms with Crippen LogP contribution < -0.4 is 0 Å². The Hall–Kier alpha value is -0.191. The number of carbonyl (C=O) groups is 1. The second-order valence-electron chi connectivity index (χ2n) is 10.8. The Labute approximate surface area is 198 Å². The normalized spacial score (nSPS) is 21.2. The summed E-state index contributed by atoms with van der Waals surface area (Å²) in [6.07, 6.45) is 14.9. The molecule has 0 aromatic carbocycles. The van der Waals surface area contributed by atoms with Gasteiger partial charge >= 0.3 is 199 Å². The van der Waals surface area contributed by atoms with E-state index < -0.39 is 18.4 Å². The van der Waals surface area contributed by atoms with Gasteiger partial charge in [-0.2, -0.15) is 0 Å². The quantitative estimate of drug-likeness (QED) is 0.171. The molecule has 1 aliphatic carbocycles. The summed E-state index contributed by atoms with van der Waals surface area (Å²) in [7, 11) is 0. The van der Waals surface area contributed by atoms with Crippen LogP contribution in [-0.4, -0.2) is 41.5 Å². The number of unbranched alkanes of at least 4 members (excludes halogenated alkanes) is 3. The molecule has 1 aliphatic rings. The van der Waals surface area contributed by atoms with Gasteiger partial charge in [-0.25, -0.2) is 0 Å². The molecule has 0 heterocycles. The molecule has 1 saturated carbocycles. The summed E-state index contributed by atoms with van der Waals surface area (Å²) in [5, 5.41) is 0. The van der Waals surface area contributed by atoms with Gasteiger partial charge in [0.15, 0.2) is 0 Å². The maximum absolute atomic E-state index is 12.9. The first-order valence-corrected chi connectivity index (χ1v) is 20.9. The van der Waals surface area contributed by atoms with E-state index in [4.69, 9.17) is 4.74 Å². The molecule has 0 aromatic heterocycles. The molecule has 3 nitrogen and oxygen atoms in total. The fraction of sp³-hybridized carbons (Fsp3) is 0.889. The molecule has 1 atom stereocenters. The first-order valence-electron chi connectivity index (χ1n) is 13.4. The summed E-state index contributed by atoms with van der Waals surface area (Å²) in [5.74, 6) is 0. The molecule has 0 unspecified atom stereocenters. The second-order valence-corrected chi connectivity index (χ2v) is 25.5. The van der Waals surface area contributed by atoms with E-state index in [0.29, 0.717) is 3.43 Å². The number of hydrogen-bond acceptors (Lipinski definition) is 2. The minimum atomic E-state index is -2.53. The SMILES string of the molecule is CCC[CH2][Sn]([CH2]CCC)([CH2]CCC)[C@@]1(C)CCCC/C1=C/OC(=O)N(C(C)C)C(C)C. The van der Waals surface area contributed by atoms with Gasteiger partial charge in [-0.1, -0.05) is 0 Å². The van der Waals surface area contributed by atoms with Crippen molar-refractivity contribution in [1.29, 1.82) is 0 Å². The number of allylic oxidation sites excluding steroid dienone is 1. The van der Waals surface area contributed by atoms with Crippen molar-refractivity contribution in [1.82, 2.24) is 4.90 Å². The first kappa shape index (κ1) is 28.8. The van der Waals surface area contributed by atoms with Crippen LogP contribution in [-0.2, 0) is 4.74 Å². The predicted octanol–water partition coefficient (Wildman–Crippen LogP) is 9.31. The fourth-order valence-corrected chi connectivity index (χ4v) is 26.1. The fourth-order valence-electron chi connectivity index (χ4n) is 5.97. The zero-order valence-electron chi connectivity index (χ0n) is 22.2. The van der Waals surface area contributed by atoms with E-state index in [-0.39, 0.29) is 18.2 Å². The summed E-state index contributed by atoms with van der Waals surface area (Å²) in [6.45, 7) is 17.9. The van der Waals surface area contributed by atoms with Crippen molar-refractivity contribution in [3.63, 3.8) is 0 Å². The zero-order valence-corrected chi connectivity index (χ0v) is 25.0. The Kier molecular flexibility index (Phi) is 13.2. The number of carbonyl (C=O) groups excluding carboxylic acids is 1. The van der Waals surface area contributed by atoms with Crippen molar-refractivity contribution < 1.29 is 9.53 Å². The van der Waals surface area contributed by atoms with Gasteiger partial charge in [0.25, 0.3) is 0 Å². The molecule has 0 saturated heterocycles. The van der Waals surface area contributed by atoms with E-state index in [0.717, 1.165) is 6.42 Å². The van der Waals surface area contributed by atoms with Gasteiger partial charge in [0.2, 0.25) is 0 Å². The van der Waals surface area contributed by atoms with Gasteiger partial charge in [-0.15, -0.1) is 0 Å². The van der Waals surface area contributed by atoms with Crippen LogP contribution in [0, 0.1) is 0 Å². The van der Waals surface area contributed by atoms with Crippen LogP contribution in [0.1, 0.15) is 120 Å². The van der Waals surface area contributed by atoms with Gasteiger partial charge in [-0.3, -0.25) is 0 Å². The number of rotatable bonds is 13. The summed E-state index contributed by atoms with van der Waals surface area (Å²) in [6, 6.07) is 0.307. The molecule has 1 fully saturated rings. The second kappa shape index (κ2) is 14.2. The standard InChI is InChI=1S/C15H26NO2.3C4H9.Sn/c1-11(2)16(12(3)4)15(17)18-10-14-9-7-6-8-13(14)5;3*1-3-4-2;/h10-12H,6-9H2,1-5H3;3*1,3-4H2,2H3;/b14-10-;;;;. The van der Waals surface area contributed by atoms with E-state index in [9.17, 15) is 4.79 Å². The molecule has 0 N–H and O–H groups in total. The molecule has 0 aliphatic heterocycles. The molecule has 0 bridgehead atoms. The van der Waals surface area contributed by atoms with E-state index in [1.807, 2.05) is 11.2 Å². The van der Waals surface area contributed by atoms with Crippen molar-refractivity contribution in [2.45, 2.75) is 148 Å². The Morgan fingerprint density at radius 3 is 1.87 bits per heavy atom. The van der Waals surface area contributed by atoms with Crippen molar-refractivity contribution >= 4 is 24.5 Å². The van der Waals surface area contributed by atoms with Crippen LogP contribution in [0.5, 0.6) is 0 Å². The molecule has 1 amide bonds. The molecule has 0 aromatic rings. The topological polar surface area (TPSA) is 29.5 Å². The van der Waals surface area contributed by atoms with Gasteiger partial charge in [-0.05, 0) is 0 Å². The molecule has 4 heteroatoms. The maximum atomic E-state index is 12.9. The summed E-state index contributed by atoms with van der Waals surface area (Å²) in [4.78, 5) is 14.8. The first-order chi connectivity index (χ1) is 14.7. The Morgan fingerprint density at radius 1 is 0.968 bits per heavy atom. The Morgan fingerprint density at radius 2 is 1.45 bits per heavy atom. The van der Waals surface area contributed by atoms with Crippen LogP contribution in [0.15, 0.2) is 11.8 Å². The number of hydrogen-bond donors (Lipinski definition) is 0.